The number of aliphatic hydroxyl groups is 1. The van der Waals surface area contributed by atoms with Crippen molar-refractivity contribution in [2.45, 2.75) is 109 Å². The summed E-state index contributed by atoms with van der Waals surface area (Å²) in [6.45, 7) is 18.6. The number of thioether (sulfide) groups is 2. The molecular weight excluding hydrogens is 679 g/mol. The van der Waals surface area contributed by atoms with Gasteiger partial charge in [-0.25, -0.2) is 0 Å². The first-order chi connectivity index (χ1) is 21.8. The van der Waals surface area contributed by atoms with Crippen molar-refractivity contribution in [1.82, 2.24) is 4.90 Å². The van der Waals surface area contributed by atoms with E-state index < -0.39 is 38.6 Å². The summed E-state index contributed by atoms with van der Waals surface area (Å²) in [5.41, 5.74) is 0.0229. The van der Waals surface area contributed by atoms with Gasteiger partial charge in [0.25, 0.3) is 16.0 Å². The number of ether oxygens (including phenoxy) is 2. The molecule has 0 fully saturated rings. The van der Waals surface area contributed by atoms with E-state index in [-0.39, 0.29) is 53.2 Å². The molecule has 3 N–H and O–H groups in total. The first kappa shape index (κ1) is 44.3. The van der Waals surface area contributed by atoms with Crippen LogP contribution in [0.15, 0.2) is 24.3 Å². The highest BCUT2D eigenvalue weighted by Gasteiger charge is 2.30. The van der Waals surface area contributed by atoms with Crippen molar-refractivity contribution in [3.05, 3.63) is 35.4 Å². The standard InChI is InChI=1S/C34H57NO10S3/c1-31(2,3)44-20-16-33(7,8)46-23-27(24-47-34(9,40)17-21-45-32(4,5)6)29(38)25-11-13-26(14-12-25)30(39)35(19-15-28(36)37)18-10-22-48(41,42)43/h11-14,27,40H,10,15-24H2,1-9H3,(H,36,37)(H,41,42,43). The number of carboxylic acids is 1. The smallest absolute Gasteiger partial charge is 0.305 e. The van der Waals surface area contributed by atoms with Crippen LogP contribution in [-0.4, -0.2) is 110 Å². The van der Waals surface area contributed by atoms with Crippen LogP contribution in [0.3, 0.4) is 0 Å². The molecule has 0 spiro atoms. The van der Waals surface area contributed by atoms with Crippen LogP contribution in [0.5, 0.6) is 0 Å². The molecule has 2 atom stereocenters. The van der Waals surface area contributed by atoms with Gasteiger partial charge in [0, 0.05) is 59.4 Å². The summed E-state index contributed by atoms with van der Waals surface area (Å²) >= 11 is 2.98. The van der Waals surface area contributed by atoms with Crippen LogP contribution < -0.4 is 0 Å². The summed E-state index contributed by atoms with van der Waals surface area (Å²) in [6.07, 6.45) is 0.765. The van der Waals surface area contributed by atoms with Crippen molar-refractivity contribution in [2.24, 2.45) is 5.92 Å². The molecule has 1 aromatic carbocycles. The van der Waals surface area contributed by atoms with Crippen molar-refractivity contribution < 1.29 is 47.0 Å². The zero-order valence-corrected chi connectivity index (χ0v) is 32.5. The maximum Gasteiger partial charge on any atom is 0.305 e. The SMILES string of the molecule is CC(C)(C)OCCC(C)(C)SCC(CSC(C)(O)CCOC(C)(C)C)C(=O)c1ccc(C(=O)N(CCCS(=O)(=O)O)CCC(=O)O)cc1. The second-order valence-electron chi connectivity index (χ2n) is 14.7. The van der Waals surface area contributed by atoms with Crippen molar-refractivity contribution >= 4 is 51.3 Å². The lowest BCUT2D eigenvalue weighted by molar-refractivity contribution is -0.137. The quantitative estimate of drug-likeness (QED) is 0.0718. The number of hydrogen-bond donors (Lipinski definition) is 3. The summed E-state index contributed by atoms with van der Waals surface area (Å²) in [6, 6.07) is 6.11. The number of ketones is 1. The Labute approximate surface area is 296 Å². The van der Waals surface area contributed by atoms with Crippen molar-refractivity contribution in [3.63, 3.8) is 0 Å². The monoisotopic (exact) mass is 735 g/mol. The summed E-state index contributed by atoms with van der Waals surface area (Å²) in [5.74, 6) is -1.91. The molecule has 48 heavy (non-hydrogen) atoms. The molecule has 0 aliphatic rings. The first-order valence-corrected chi connectivity index (χ1v) is 19.8. The summed E-state index contributed by atoms with van der Waals surface area (Å²) in [7, 11) is -4.24. The topological polar surface area (TPSA) is 168 Å². The number of carbonyl (C=O) groups excluding carboxylic acids is 2. The van der Waals surface area contributed by atoms with Gasteiger partial charge in [0.15, 0.2) is 5.78 Å². The van der Waals surface area contributed by atoms with Gasteiger partial charge < -0.3 is 24.6 Å². The minimum atomic E-state index is -4.24. The second-order valence-corrected chi connectivity index (χ2v) is 19.5. The van der Waals surface area contributed by atoms with E-state index in [1.165, 1.54) is 28.8 Å². The molecule has 11 nitrogen and oxygen atoms in total. The Balaban J connectivity index is 3.14. The molecule has 2 unspecified atom stereocenters. The number of carbonyl (C=O) groups is 3. The average molecular weight is 736 g/mol. The highest BCUT2D eigenvalue weighted by molar-refractivity contribution is 8.01. The molecule has 0 bridgehead atoms. The molecule has 1 rings (SSSR count). The van der Waals surface area contributed by atoms with Crippen LogP contribution in [0.4, 0.5) is 0 Å². The number of carboxylic acid groups (broad SMARTS) is 1. The van der Waals surface area contributed by atoms with Crippen LogP contribution in [0.2, 0.25) is 0 Å². The van der Waals surface area contributed by atoms with Crippen molar-refractivity contribution in [1.29, 1.82) is 0 Å². The Bertz CT molecular complexity index is 1250. The lowest BCUT2D eigenvalue weighted by Crippen LogP contribution is -2.34. The van der Waals surface area contributed by atoms with Crippen LogP contribution in [-0.2, 0) is 24.4 Å². The zero-order chi connectivity index (χ0) is 37.0. The van der Waals surface area contributed by atoms with Crippen molar-refractivity contribution in [2.75, 3.05) is 43.6 Å². The third-order valence-corrected chi connectivity index (χ3v) is 10.9. The van der Waals surface area contributed by atoms with Crippen LogP contribution in [0.25, 0.3) is 0 Å². The van der Waals surface area contributed by atoms with Crippen LogP contribution in [0.1, 0.15) is 109 Å². The Kier molecular flexibility index (Phi) is 17.6. The van der Waals surface area contributed by atoms with E-state index in [0.29, 0.717) is 36.7 Å². The fourth-order valence-corrected chi connectivity index (χ4v) is 7.13. The molecule has 0 aliphatic carbocycles. The number of Topliss-reactive ketones (excluding diaryl/α,β-unsaturated/α-hetero) is 1. The van der Waals surface area contributed by atoms with Gasteiger partial charge in [-0.3, -0.25) is 18.9 Å². The van der Waals surface area contributed by atoms with E-state index in [0.717, 1.165) is 6.42 Å². The molecule has 0 saturated carbocycles. The number of hydrogen-bond acceptors (Lipinski definition) is 10. The van der Waals surface area contributed by atoms with E-state index in [2.05, 4.69) is 13.8 Å². The Morgan fingerprint density at radius 3 is 1.81 bits per heavy atom. The van der Waals surface area contributed by atoms with Gasteiger partial charge in [-0.2, -0.15) is 20.2 Å². The largest absolute Gasteiger partial charge is 0.481 e. The Hall–Kier alpha value is -1.68. The predicted octanol–water partition coefficient (Wildman–Crippen LogP) is 6.04. The second kappa shape index (κ2) is 19.1. The minimum Gasteiger partial charge on any atom is -0.481 e. The predicted molar refractivity (Wildman–Crippen MR) is 194 cm³/mol. The Morgan fingerprint density at radius 1 is 0.812 bits per heavy atom. The molecule has 0 heterocycles. The van der Waals surface area contributed by atoms with E-state index in [4.69, 9.17) is 19.1 Å². The van der Waals surface area contributed by atoms with Crippen LogP contribution >= 0.6 is 23.5 Å². The van der Waals surface area contributed by atoms with Gasteiger partial charge in [0.05, 0.1) is 30.0 Å². The summed E-state index contributed by atoms with van der Waals surface area (Å²) in [5, 5.41) is 20.2. The van der Waals surface area contributed by atoms with Gasteiger partial charge in [-0.1, -0.05) is 26.0 Å². The molecule has 14 heteroatoms. The lowest BCUT2D eigenvalue weighted by atomic mass is 9.99. The summed E-state index contributed by atoms with van der Waals surface area (Å²) in [4.78, 5) is 38.4. The molecule has 0 saturated heterocycles. The fourth-order valence-electron chi connectivity index (χ4n) is 4.28. The molecule has 1 aromatic rings. The van der Waals surface area contributed by atoms with Gasteiger partial charge in [0.2, 0.25) is 0 Å². The number of nitrogens with zero attached hydrogens (tertiary/aromatic N) is 1. The van der Waals surface area contributed by atoms with Gasteiger partial charge >= 0.3 is 5.97 Å². The Morgan fingerprint density at radius 2 is 1.31 bits per heavy atom. The molecule has 1 amide bonds. The first-order valence-electron chi connectivity index (χ1n) is 16.2. The number of aliphatic carboxylic acids is 1. The highest BCUT2D eigenvalue weighted by Crippen LogP contribution is 2.35. The van der Waals surface area contributed by atoms with Gasteiger partial charge in [-0.15, -0.1) is 11.8 Å². The molecule has 0 aliphatic heterocycles. The van der Waals surface area contributed by atoms with E-state index in [1.54, 1.807) is 30.8 Å². The molecule has 0 radical (unpaired) electrons. The number of rotatable bonds is 22. The zero-order valence-electron chi connectivity index (χ0n) is 30.0. The third kappa shape index (κ3) is 20.1. The molecule has 276 valence electrons. The third-order valence-electron chi connectivity index (χ3n) is 7.11. The number of benzene rings is 1. The molecular formula is C34H57NO10S3. The van der Waals surface area contributed by atoms with E-state index in [9.17, 15) is 27.9 Å². The normalized spacial score (nSPS) is 14.7. The van der Waals surface area contributed by atoms with Crippen LogP contribution in [0, 0.1) is 5.92 Å². The number of amides is 1. The maximum atomic E-state index is 13.9. The molecule has 0 aromatic heterocycles. The van der Waals surface area contributed by atoms with Crippen molar-refractivity contribution in [3.8, 4) is 0 Å². The lowest BCUT2D eigenvalue weighted by Gasteiger charge is -2.30. The minimum absolute atomic E-state index is 0.0669. The maximum absolute atomic E-state index is 13.9. The fraction of sp³-hybridized carbons (Fsp3) is 0.735. The van der Waals surface area contributed by atoms with Gasteiger partial charge in [0.1, 0.15) is 4.93 Å². The van der Waals surface area contributed by atoms with E-state index >= 15 is 0 Å². The average Bonchev–Trinajstić information content (AvgIpc) is 2.91. The van der Waals surface area contributed by atoms with E-state index in [1.807, 2.05) is 41.5 Å². The summed E-state index contributed by atoms with van der Waals surface area (Å²) < 4.78 is 42.9. The van der Waals surface area contributed by atoms with Gasteiger partial charge in [-0.05, 0) is 73.4 Å². The highest BCUT2D eigenvalue weighted by atomic mass is 32.2.